The van der Waals surface area contributed by atoms with Gasteiger partial charge in [-0.3, -0.25) is 0 Å². The standard InChI is InChI=1S/C18H24BNO2/c1-18(2,3)16-8-4-14(5-9-16)12-20-13-15-6-10-17(11-7-15)19(21)22/h4-11,20-22H,12-13H2,1-3H3. The average Bonchev–Trinajstić information content (AvgIpc) is 2.47. The summed E-state index contributed by atoms with van der Waals surface area (Å²) in [5, 5.41) is 21.5. The predicted octanol–water partition coefficient (Wildman–Crippen LogP) is 1.95. The molecule has 0 aliphatic heterocycles. The Morgan fingerprint density at radius 3 is 1.68 bits per heavy atom. The van der Waals surface area contributed by atoms with Gasteiger partial charge in [0.2, 0.25) is 0 Å². The molecule has 0 amide bonds. The summed E-state index contributed by atoms with van der Waals surface area (Å²) in [6, 6.07) is 16.0. The highest BCUT2D eigenvalue weighted by Crippen LogP contribution is 2.22. The van der Waals surface area contributed by atoms with Crippen LogP contribution in [0.25, 0.3) is 0 Å². The number of hydrogen-bond acceptors (Lipinski definition) is 3. The van der Waals surface area contributed by atoms with Crippen molar-refractivity contribution in [3.8, 4) is 0 Å². The third kappa shape index (κ3) is 4.70. The molecule has 3 N–H and O–H groups in total. The quantitative estimate of drug-likeness (QED) is 0.739. The van der Waals surface area contributed by atoms with Gasteiger partial charge < -0.3 is 15.4 Å². The van der Waals surface area contributed by atoms with Crippen molar-refractivity contribution in [2.45, 2.75) is 39.3 Å². The van der Waals surface area contributed by atoms with E-state index < -0.39 is 7.12 Å². The normalized spacial score (nSPS) is 11.5. The molecule has 116 valence electrons. The highest BCUT2D eigenvalue weighted by Gasteiger charge is 2.12. The van der Waals surface area contributed by atoms with E-state index in [1.807, 2.05) is 12.1 Å². The van der Waals surface area contributed by atoms with Gasteiger partial charge in [0.1, 0.15) is 0 Å². The molecule has 2 aromatic carbocycles. The number of benzene rings is 2. The van der Waals surface area contributed by atoms with Crippen LogP contribution in [0.2, 0.25) is 0 Å². The van der Waals surface area contributed by atoms with Crippen LogP contribution >= 0.6 is 0 Å². The maximum atomic E-state index is 9.06. The molecule has 0 aliphatic rings. The van der Waals surface area contributed by atoms with Crippen LogP contribution in [0.1, 0.15) is 37.5 Å². The maximum Gasteiger partial charge on any atom is 0.488 e. The third-order valence-electron chi connectivity index (χ3n) is 3.76. The molecule has 22 heavy (non-hydrogen) atoms. The summed E-state index contributed by atoms with van der Waals surface area (Å²) in [4.78, 5) is 0. The monoisotopic (exact) mass is 297 g/mol. The van der Waals surface area contributed by atoms with Crippen molar-refractivity contribution in [3.63, 3.8) is 0 Å². The van der Waals surface area contributed by atoms with Gasteiger partial charge in [-0.1, -0.05) is 69.3 Å². The summed E-state index contributed by atoms with van der Waals surface area (Å²) >= 11 is 0. The second-order valence-electron chi connectivity index (χ2n) is 6.67. The maximum absolute atomic E-state index is 9.06. The first-order valence-corrected chi connectivity index (χ1v) is 7.61. The van der Waals surface area contributed by atoms with Crippen molar-refractivity contribution in [1.29, 1.82) is 0 Å². The Kier molecular flexibility index (Phi) is 5.40. The van der Waals surface area contributed by atoms with Gasteiger partial charge in [0.15, 0.2) is 0 Å². The minimum Gasteiger partial charge on any atom is -0.423 e. The van der Waals surface area contributed by atoms with Gasteiger partial charge in [-0.05, 0) is 27.6 Å². The zero-order chi connectivity index (χ0) is 16.2. The van der Waals surface area contributed by atoms with Crippen LogP contribution in [0.4, 0.5) is 0 Å². The highest BCUT2D eigenvalue weighted by atomic mass is 16.4. The van der Waals surface area contributed by atoms with Gasteiger partial charge in [0.25, 0.3) is 0 Å². The topological polar surface area (TPSA) is 52.5 Å². The van der Waals surface area contributed by atoms with E-state index in [0.717, 1.165) is 18.7 Å². The molecule has 2 rings (SSSR count). The van der Waals surface area contributed by atoms with Crippen molar-refractivity contribution in [1.82, 2.24) is 5.32 Å². The Hall–Kier alpha value is -1.62. The SMILES string of the molecule is CC(C)(C)c1ccc(CNCc2ccc(B(O)O)cc2)cc1. The zero-order valence-electron chi connectivity index (χ0n) is 13.5. The molecule has 0 fully saturated rings. The minimum atomic E-state index is -1.40. The van der Waals surface area contributed by atoms with Crippen LogP contribution in [0.5, 0.6) is 0 Å². The fourth-order valence-corrected chi connectivity index (χ4v) is 2.28. The van der Waals surface area contributed by atoms with Gasteiger partial charge >= 0.3 is 7.12 Å². The summed E-state index contributed by atoms with van der Waals surface area (Å²) in [6.45, 7) is 8.21. The molecule has 0 spiro atoms. The van der Waals surface area contributed by atoms with Crippen molar-refractivity contribution >= 4 is 12.6 Å². The first kappa shape index (κ1) is 16.8. The summed E-state index contributed by atoms with van der Waals surface area (Å²) in [7, 11) is -1.40. The van der Waals surface area contributed by atoms with E-state index in [4.69, 9.17) is 10.0 Å². The summed E-state index contributed by atoms with van der Waals surface area (Å²) < 4.78 is 0. The Bertz CT molecular complexity index is 586. The molecule has 0 saturated heterocycles. The van der Waals surface area contributed by atoms with Crippen molar-refractivity contribution in [2.24, 2.45) is 0 Å². The number of rotatable bonds is 5. The van der Waals surface area contributed by atoms with Gasteiger partial charge in [0.05, 0.1) is 0 Å². The molecule has 3 nitrogen and oxygen atoms in total. The van der Waals surface area contributed by atoms with Crippen molar-refractivity contribution < 1.29 is 10.0 Å². The third-order valence-corrected chi connectivity index (χ3v) is 3.76. The second-order valence-corrected chi connectivity index (χ2v) is 6.67. The molecule has 0 atom stereocenters. The van der Waals surface area contributed by atoms with Crippen LogP contribution < -0.4 is 10.8 Å². The Balaban J connectivity index is 1.86. The van der Waals surface area contributed by atoms with Crippen LogP contribution in [0.3, 0.4) is 0 Å². The molecule has 0 saturated carbocycles. The lowest BCUT2D eigenvalue weighted by Gasteiger charge is -2.19. The van der Waals surface area contributed by atoms with E-state index in [-0.39, 0.29) is 5.41 Å². The molecule has 0 bridgehead atoms. The molecule has 0 aromatic heterocycles. The lowest BCUT2D eigenvalue weighted by atomic mass is 9.80. The van der Waals surface area contributed by atoms with Crippen LogP contribution in [-0.4, -0.2) is 17.2 Å². The second kappa shape index (κ2) is 7.10. The number of hydrogen-bond donors (Lipinski definition) is 3. The molecule has 0 heterocycles. The summed E-state index contributed by atoms with van der Waals surface area (Å²) in [5.41, 5.74) is 4.42. The summed E-state index contributed by atoms with van der Waals surface area (Å²) in [6.07, 6.45) is 0. The lowest BCUT2D eigenvalue weighted by molar-refractivity contribution is 0.426. The average molecular weight is 297 g/mol. The minimum absolute atomic E-state index is 0.185. The summed E-state index contributed by atoms with van der Waals surface area (Å²) in [5.74, 6) is 0. The lowest BCUT2D eigenvalue weighted by Crippen LogP contribution is -2.29. The predicted molar refractivity (Wildman–Crippen MR) is 92.0 cm³/mol. The largest absolute Gasteiger partial charge is 0.488 e. The molecular formula is C18H24BNO2. The first-order valence-electron chi connectivity index (χ1n) is 7.61. The van der Waals surface area contributed by atoms with E-state index in [9.17, 15) is 0 Å². The van der Waals surface area contributed by atoms with E-state index in [1.165, 1.54) is 11.1 Å². The number of nitrogens with one attached hydrogen (secondary N) is 1. The van der Waals surface area contributed by atoms with E-state index >= 15 is 0 Å². The first-order chi connectivity index (χ1) is 10.4. The van der Waals surface area contributed by atoms with E-state index in [2.05, 4.69) is 50.4 Å². The van der Waals surface area contributed by atoms with Gasteiger partial charge in [-0.15, -0.1) is 0 Å². The van der Waals surface area contributed by atoms with E-state index in [0.29, 0.717) is 5.46 Å². The molecule has 0 radical (unpaired) electrons. The van der Waals surface area contributed by atoms with Crippen LogP contribution in [0.15, 0.2) is 48.5 Å². The fourth-order valence-electron chi connectivity index (χ4n) is 2.28. The molecule has 0 unspecified atom stereocenters. The molecule has 0 aliphatic carbocycles. The Labute approximate surface area is 133 Å². The highest BCUT2D eigenvalue weighted by molar-refractivity contribution is 6.58. The van der Waals surface area contributed by atoms with Crippen LogP contribution in [-0.2, 0) is 18.5 Å². The van der Waals surface area contributed by atoms with Gasteiger partial charge in [-0.25, -0.2) is 0 Å². The Morgan fingerprint density at radius 2 is 1.27 bits per heavy atom. The van der Waals surface area contributed by atoms with Crippen molar-refractivity contribution in [3.05, 3.63) is 65.2 Å². The van der Waals surface area contributed by atoms with Crippen molar-refractivity contribution in [2.75, 3.05) is 0 Å². The Morgan fingerprint density at radius 1 is 0.818 bits per heavy atom. The van der Waals surface area contributed by atoms with E-state index in [1.54, 1.807) is 12.1 Å². The molecule has 4 heteroatoms. The zero-order valence-corrected chi connectivity index (χ0v) is 13.5. The molecule has 2 aromatic rings. The fraction of sp³-hybridized carbons (Fsp3) is 0.333. The van der Waals surface area contributed by atoms with Gasteiger partial charge in [-0.2, -0.15) is 0 Å². The smallest absolute Gasteiger partial charge is 0.423 e. The van der Waals surface area contributed by atoms with Crippen LogP contribution in [0, 0.1) is 0 Å². The molecular weight excluding hydrogens is 273 g/mol. The van der Waals surface area contributed by atoms with Gasteiger partial charge in [0, 0.05) is 13.1 Å².